The summed E-state index contributed by atoms with van der Waals surface area (Å²) in [5.74, 6) is 0.653. The second-order valence-electron chi connectivity index (χ2n) is 6.52. The summed E-state index contributed by atoms with van der Waals surface area (Å²) < 4.78 is 7.49. The number of imidazole rings is 1. The lowest BCUT2D eigenvalue weighted by atomic mass is 10.2. The van der Waals surface area contributed by atoms with Crippen LogP contribution in [0, 0.1) is 0 Å². The maximum Gasteiger partial charge on any atom is 0.249 e. The number of nitrogens with one attached hydrogen (secondary N) is 1. The predicted molar refractivity (Wildman–Crippen MR) is 106 cm³/mol. The lowest BCUT2D eigenvalue weighted by Crippen LogP contribution is -2.34. The second kappa shape index (κ2) is 7.89. The maximum atomic E-state index is 12.3. The van der Waals surface area contributed by atoms with Crippen molar-refractivity contribution in [1.82, 2.24) is 14.9 Å². The van der Waals surface area contributed by atoms with Crippen LogP contribution in [0.4, 0.5) is 0 Å². The maximum absolute atomic E-state index is 12.3. The SMILES string of the molecule is O=C(NCc1nc2ccccc2n1Cc1c(Cl)cccc1Cl)C1CCCO1. The molecule has 0 aliphatic carbocycles. The van der Waals surface area contributed by atoms with E-state index in [-0.39, 0.29) is 12.0 Å². The smallest absolute Gasteiger partial charge is 0.249 e. The third-order valence-electron chi connectivity index (χ3n) is 4.75. The van der Waals surface area contributed by atoms with Gasteiger partial charge in [0.25, 0.3) is 0 Å². The van der Waals surface area contributed by atoms with Gasteiger partial charge < -0.3 is 14.6 Å². The molecule has 1 unspecified atom stereocenters. The largest absolute Gasteiger partial charge is 0.368 e. The standard InChI is InChI=1S/C20H19Cl2N3O2/c21-14-5-3-6-15(22)13(14)12-25-17-8-2-1-7-16(17)24-19(25)11-23-20(26)18-9-4-10-27-18/h1-3,5-8,18H,4,9-12H2,(H,23,26). The molecule has 3 aromatic rings. The fraction of sp³-hybridized carbons (Fsp3) is 0.300. The van der Waals surface area contributed by atoms with E-state index in [1.807, 2.05) is 47.0 Å². The van der Waals surface area contributed by atoms with Gasteiger partial charge in [-0.1, -0.05) is 41.4 Å². The molecule has 0 spiro atoms. The Morgan fingerprint density at radius 1 is 1.19 bits per heavy atom. The van der Waals surface area contributed by atoms with Crippen LogP contribution in [-0.4, -0.2) is 28.2 Å². The third kappa shape index (κ3) is 3.81. The van der Waals surface area contributed by atoms with Gasteiger partial charge in [0.05, 0.1) is 24.1 Å². The van der Waals surface area contributed by atoms with E-state index in [1.165, 1.54) is 0 Å². The van der Waals surface area contributed by atoms with E-state index in [2.05, 4.69) is 10.3 Å². The Labute approximate surface area is 167 Å². The molecule has 0 radical (unpaired) electrons. The van der Waals surface area contributed by atoms with Gasteiger partial charge in [-0.05, 0) is 37.1 Å². The van der Waals surface area contributed by atoms with E-state index in [4.69, 9.17) is 27.9 Å². The van der Waals surface area contributed by atoms with Crippen molar-refractivity contribution in [3.63, 3.8) is 0 Å². The number of hydrogen-bond acceptors (Lipinski definition) is 3. The number of carbonyl (C=O) groups excluding carboxylic acids is 1. The van der Waals surface area contributed by atoms with Crippen LogP contribution in [0.3, 0.4) is 0 Å². The minimum absolute atomic E-state index is 0.0955. The molecular formula is C20H19Cl2N3O2. The van der Waals surface area contributed by atoms with Gasteiger partial charge in [0.15, 0.2) is 0 Å². The number of aromatic nitrogens is 2. The molecule has 4 rings (SSSR count). The van der Waals surface area contributed by atoms with E-state index in [0.717, 1.165) is 35.3 Å². The topological polar surface area (TPSA) is 56.2 Å². The van der Waals surface area contributed by atoms with Crippen LogP contribution < -0.4 is 5.32 Å². The molecule has 0 saturated carbocycles. The summed E-state index contributed by atoms with van der Waals surface area (Å²) >= 11 is 12.7. The first kappa shape index (κ1) is 18.3. The number of hydrogen-bond donors (Lipinski definition) is 1. The van der Waals surface area contributed by atoms with Crippen molar-refractivity contribution in [1.29, 1.82) is 0 Å². The number of amides is 1. The molecule has 1 aliphatic heterocycles. The summed E-state index contributed by atoms with van der Waals surface area (Å²) in [7, 11) is 0. The third-order valence-corrected chi connectivity index (χ3v) is 5.46. The summed E-state index contributed by atoms with van der Waals surface area (Å²) in [6, 6.07) is 13.3. The van der Waals surface area contributed by atoms with Gasteiger partial charge >= 0.3 is 0 Å². The van der Waals surface area contributed by atoms with Crippen molar-refractivity contribution < 1.29 is 9.53 Å². The first-order valence-electron chi connectivity index (χ1n) is 8.90. The average molecular weight is 404 g/mol. The minimum atomic E-state index is -0.360. The summed E-state index contributed by atoms with van der Waals surface area (Å²) in [6.45, 7) is 1.43. The van der Waals surface area contributed by atoms with E-state index in [1.54, 1.807) is 0 Å². The van der Waals surface area contributed by atoms with E-state index < -0.39 is 0 Å². The van der Waals surface area contributed by atoms with Crippen LogP contribution in [0.2, 0.25) is 10.0 Å². The van der Waals surface area contributed by atoms with Crippen molar-refractivity contribution >= 4 is 40.1 Å². The fourth-order valence-electron chi connectivity index (χ4n) is 3.34. The molecule has 27 heavy (non-hydrogen) atoms. The normalized spacial score (nSPS) is 16.7. The molecule has 1 aromatic heterocycles. The minimum Gasteiger partial charge on any atom is -0.368 e. The monoisotopic (exact) mass is 403 g/mol. The molecular weight excluding hydrogens is 385 g/mol. The molecule has 2 heterocycles. The van der Waals surface area contributed by atoms with E-state index >= 15 is 0 Å². The fourth-order valence-corrected chi connectivity index (χ4v) is 3.86. The molecule has 5 nitrogen and oxygen atoms in total. The number of nitrogens with zero attached hydrogens (tertiary/aromatic N) is 2. The average Bonchev–Trinajstić information content (AvgIpc) is 3.31. The number of rotatable bonds is 5. The zero-order chi connectivity index (χ0) is 18.8. The Balaban J connectivity index is 1.64. The van der Waals surface area contributed by atoms with E-state index in [9.17, 15) is 4.79 Å². The Morgan fingerprint density at radius 2 is 1.96 bits per heavy atom. The van der Waals surface area contributed by atoms with Gasteiger partial charge in [-0.25, -0.2) is 4.98 Å². The quantitative estimate of drug-likeness (QED) is 0.694. The Kier molecular flexibility index (Phi) is 5.34. The van der Waals surface area contributed by atoms with Crippen molar-refractivity contribution in [3.05, 3.63) is 63.9 Å². The van der Waals surface area contributed by atoms with Crippen LogP contribution in [0.5, 0.6) is 0 Å². The van der Waals surface area contributed by atoms with Gasteiger partial charge in [0.2, 0.25) is 5.91 Å². The highest BCUT2D eigenvalue weighted by Gasteiger charge is 2.24. The number of halogens is 2. The Morgan fingerprint density at radius 3 is 2.70 bits per heavy atom. The molecule has 2 aromatic carbocycles. The molecule has 1 aliphatic rings. The van der Waals surface area contributed by atoms with Crippen molar-refractivity contribution in [2.75, 3.05) is 6.61 Å². The first-order valence-corrected chi connectivity index (χ1v) is 9.65. The molecule has 7 heteroatoms. The molecule has 140 valence electrons. The zero-order valence-corrected chi connectivity index (χ0v) is 16.1. The number of para-hydroxylation sites is 2. The molecule has 1 saturated heterocycles. The van der Waals surface area contributed by atoms with Crippen LogP contribution in [0.1, 0.15) is 24.2 Å². The van der Waals surface area contributed by atoms with Gasteiger partial charge in [-0.15, -0.1) is 0 Å². The molecule has 0 bridgehead atoms. The predicted octanol–water partition coefficient (Wildman–Crippen LogP) is 4.19. The first-order chi connectivity index (χ1) is 13.1. The summed E-state index contributed by atoms with van der Waals surface area (Å²) in [4.78, 5) is 17.0. The molecule has 1 N–H and O–H groups in total. The molecule has 1 atom stereocenters. The Bertz CT molecular complexity index is 960. The summed E-state index contributed by atoms with van der Waals surface area (Å²) in [6.07, 6.45) is 1.32. The van der Waals surface area contributed by atoms with Crippen LogP contribution in [-0.2, 0) is 22.6 Å². The highest BCUT2D eigenvalue weighted by Crippen LogP contribution is 2.27. The van der Waals surface area contributed by atoms with Gasteiger partial charge in [0, 0.05) is 22.2 Å². The van der Waals surface area contributed by atoms with Crippen LogP contribution in [0.25, 0.3) is 11.0 Å². The Hall–Kier alpha value is -2.08. The number of fused-ring (bicyclic) bond motifs is 1. The van der Waals surface area contributed by atoms with E-state index in [0.29, 0.717) is 29.7 Å². The van der Waals surface area contributed by atoms with Gasteiger partial charge in [0.1, 0.15) is 11.9 Å². The van der Waals surface area contributed by atoms with Crippen LogP contribution >= 0.6 is 23.2 Å². The highest BCUT2D eigenvalue weighted by atomic mass is 35.5. The molecule has 1 fully saturated rings. The summed E-state index contributed by atoms with van der Waals surface area (Å²) in [5, 5.41) is 4.16. The molecule has 1 amide bonds. The number of ether oxygens (including phenoxy) is 1. The van der Waals surface area contributed by atoms with Gasteiger partial charge in [-0.3, -0.25) is 4.79 Å². The lowest BCUT2D eigenvalue weighted by molar-refractivity contribution is -0.130. The van der Waals surface area contributed by atoms with Crippen molar-refractivity contribution in [2.45, 2.75) is 32.0 Å². The van der Waals surface area contributed by atoms with Crippen LogP contribution in [0.15, 0.2) is 42.5 Å². The van der Waals surface area contributed by atoms with Crippen molar-refractivity contribution in [3.8, 4) is 0 Å². The zero-order valence-electron chi connectivity index (χ0n) is 14.6. The van der Waals surface area contributed by atoms with Gasteiger partial charge in [-0.2, -0.15) is 0 Å². The lowest BCUT2D eigenvalue weighted by Gasteiger charge is -2.14. The summed E-state index contributed by atoms with van der Waals surface area (Å²) in [5.41, 5.74) is 2.66. The highest BCUT2D eigenvalue weighted by molar-refractivity contribution is 6.36. The second-order valence-corrected chi connectivity index (χ2v) is 7.34. The van der Waals surface area contributed by atoms with Crippen molar-refractivity contribution in [2.24, 2.45) is 0 Å². The number of benzene rings is 2. The number of carbonyl (C=O) groups is 1.